The zero-order valence-corrected chi connectivity index (χ0v) is 29.0. The predicted molar refractivity (Wildman–Crippen MR) is 162 cm³/mol. The van der Waals surface area contributed by atoms with Gasteiger partial charge in [-0.05, 0) is 30.9 Å². The third-order valence-corrected chi connectivity index (χ3v) is 11.1. The van der Waals surface area contributed by atoms with Crippen LogP contribution in [0.2, 0.25) is 8.87 Å². The van der Waals surface area contributed by atoms with E-state index in [9.17, 15) is 19.8 Å². The number of carbonyl (C=O) groups is 2. The molecule has 37 heavy (non-hydrogen) atoms. The average Bonchev–Trinajstić information content (AvgIpc) is 2.88. The van der Waals surface area contributed by atoms with E-state index in [1.54, 1.807) is 8.87 Å². The number of carboxylic acid groups (broad SMARTS) is 2. The number of carbonyl (C=O) groups excluding carboxylic acids is 2. The molecule has 0 aliphatic carbocycles. The van der Waals surface area contributed by atoms with Crippen LogP contribution in [0.4, 0.5) is 0 Å². The first kappa shape index (κ1) is 41.6. The second-order valence-electron chi connectivity index (χ2n) is 10.3. The van der Waals surface area contributed by atoms with Crippen LogP contribution in [0.3, 0.4) is 0 Å². The summed E-state index contributed by atoms with van der Waals surface area (Å²) in [5.41, 5.74) is 0. The van der Waals surface area contributed by atoms with Crippen molar-refractivity contribution >= 4 is 45.7 Å². The first-order valence-corrected chi connectivity index (χ1v) is 20.2. The molecule has 0 aromatic rings. The topological polar surface area (TPSA) is 80.3 Å². The van der Waals surface area contributed by atoms with Crippen LogP contribution in [0, 0.1) is 11.8 Å². The van der Waals surface area contributed by atoms with Crippen LogP contribution in [0.5, 0.6) is 0 Å². The molecule has 4 nitrogen and oxygen atoms in total. The van der Waals surface area contributed by atoms with Crippen molar-refractivity contribution in [2.24, 2.45) is 11.8 Å². The second-order valence-corrected chi connectivity index (χ2v) is 14.9. The van der Waals surface area contributed by atoms with Crippen molar-refractivity contribution in [3.63, 3.8) is 0 Å². The molecule has 220 valence electrons. The van der Waals surface area contributed by atoms with Gasteiger partial charge in [0.15, 0.2) is 0 Å². The van der Waals surface area contributed by atoms with Crippen LogP contribution in [-0.4, -0.2) is 38.8 Å². The summed E-state index contributed by atoms with van der Waals surface area (Å²) < 4.78 is 3.25. The summed E-state index contributed by atoms with van der Waals surface area (Å²) in [6.45, 7) is 11.1. The van der Waals surface area contributed by atoms with E-state index >= 15 is 0 Å². The van der Waals surface area contributed by atoms with E-state index in [0.29, 0.717) is 11.7 Å². The fourth-order valence-corrected chi connectivity index (χ4v) is 8.39. The van der Waals surface area contributed by atoms with Gasteiger partial charge in [-0.1, -0.05) is 97.8 Å². The van der Waals surface area contributed by atoms with Crippen LogP contribution in [0.25, 0.3) is 0 Å². The molecule has 2 atom stereocenters. The van der Waals surface area contributed by atoms with Crippen molar-refractivity contribution in [3.8, 4) is 0 Å². The third-order valence-electron chi connectivity index (χ3n) is 6.61. The molecular weight excluding hydrogens is 587 g/mol. The van der Waals surface area contributed by atoms with E-state index in [-0.39, 0.29) is 33.5 Å². The van der Waals surface area contributed by atoms with Gasteiger partial charge in [0.2, 0.25) is 0 Å². The number of hydrogen-bond donors (Lipinski definition) is 1. The van der Waals surface area contributed by atoms with Gasteiger partial charge in [0, 0.05) is 17.9 Å². The molecule has 0 aromatic carbocycles. The van der Waals surface area contributed by atoms with Gasteiger partial charge in [0.25, 0.3) is 0 Å². The van der Waals surface area contributed by atoms with Crippen LogP contribution in [0.15, 0.2) is 0 Å². The molecule has 0 spiro atoms. The predicted octanol–water partition coefficient (Wildman–Crippen LogP) is 7.67. The Hall–Kier alpha value is 0.0887. The third kappa shape index (κ3) is 38.3. The van der Waals surface area contributed by atoms with Gasteiger partial charge in [-0.3, -0.25) is 0 Å². The normalized spacial score (nSPS) is 11.8. The van der Waals surface area contributed by atoms with Gasteiger partial charge >= 0.3 is 69.5 Å². The van der Waals surface area contributed by atoms with Crippen LogP contribution in [-0.2, 0) is 9.59 Å². The van der Waals surface area contributed by atoms with E-state index in [0.717, 1.165) is 32.1 Å². The fraction of sp³-hybridized carbons (Fsp3) is 0.935. The van der Waals surface area contributed by atoms with Crippen LogP contribution >= 0.6 is 12.6 Å². The molecule has 0 saturated carbocycles. The van der Waals surface area contributed by atoms with Crippen molar-refractivity contribution in [1.82, 2.24) is 0 Å². The summed E-state index contributed by atoms with van der Waals surface area (Å²) in [7, 11) is 0. The SMILES string of the molecule is CCCCC(CC)CC(CS)C(=O)[O-].CCCCCCCCCCCC(=O)[O-].CCC[CH2][Sn+2][CH2]CCC. The van der Waals surface area contributed by atoms with Gasteiger partial charge in [0.05, 0.1) is 0 Å². The van der Waals surface area contributed by atoms with Crippen LogP contribution in [0.1, 0.15) is 157 Å². The number of unbranched alkanes of at least 4 members (excludes halogenated alkanes) is 11. The Bertz CT molecular complexity index is 456. The Kier molecular flexibility index (Phi) is 40.5. The number of hydrogen-bond acceptors (Lipinski definition) is 5. The van der Waals surface area contributed by atoms with Gasteiger partial charge in [-0.2, -0.15) is 12.6 Å². The zero-order chi connectivity index (χ0) is 28.6. The fourth-order valence-electron chi connectivity index (χ4n) is 3.94. The summed E-state index contributed by atoms with van der Waals surface area (Å²) >= 11 is 4.19. The Labute approximate surface area is 247 Å². The zero-order valence-electron chi connectivity index (χ0n) is 25.3. The van der Waals surface area contributed by atoms with Gasteiger partial charge in [0.1, 0.15) is 0 Å². The van der Waals surface area contributed by atoms with E-state index in [1.165, 1.54) is 83.5 Å². The minimum absolute atomic E-state index is 0.149. The Morgan fingerprint density at radius 3 is 1.51 bits per heavy atom. The standard InChI is InChI=1S/C12H24O2.C11H22O2S.2C4H9.Sn/c1-2-3-4-5-6-7-8-9-10-11-12(13)14;1-3-5-6-9(4-2)7-10(8-14)11(12)13;2*1-3-4-2;/h2-11H2,1H3,(H,13,14);9-10,14H,3-8H2,1-2H3,(H,12,13);2*1,3-4H2,2H3;/q;;;;+2/p-2. The van der Waals surface area contributed by atoms with Crippen molar-refractivity contribution in [1.29, 1.82) is 0 Å². The number of carboxylic acids is 2. The van der Waals surface area contributed by atoms with Gasteiger partial charge in [-0.25, -0.2) is 0 Å². The summed E-state index contributed by atoms with van der Waals surface area (Å²) in [6, 6.07) is 0. The summed E-state index contributed by atoms with van der Waals surface area (Å²) in [4.78, 5) is 20.8. The summed E-state index contributed by atoms with van der Waals surface area (Å²) in [5, 5.41) is 20.8. The monoisotopic (exact) mass is 650 g/mol. The van der Waals surface area contributed by atoms with Crippen molar-refractivity contribution in [2.45, 2.75) is 165 Å². The minimum atomic E-state index is -0.949. The van der Waals surface area contributed by atoms with Crippen molar-refractivity contribution < 1.29 is 19.8 Å². The molecule has 0 rings (SSSR count). The van der Waals surface area contributed by atoms with Gasteiger partial charge in [-0.15, -0.1) is 0 Å². The van der Waals surface area contributed by atoms with Crippen molar-refractivity contribution in [3.05, 3.63) is 0 Å². The van der Waals surface area contributed by atoms with E-state index < -0.39 is 11.9 Å². The Balaban J connectivity index is -0.000000481. The molecule has 6 heteroatoms. The molecule has 0 radical (unpaired) electrons. The van der Waals surface area contributed by atoms with E-state index in [4.69, 9.17) is 0 Å². The number of aliphatic carboxylic acids is 2. The molecule has 0 fully saturated rings. The quantitative estimate of drug-likeness (QED) is 0.0661. The van der Waals surface area contributed by atoms with Gasteiger partial charge < -0.3 is 19.8 Å². The molecule has 0 bridgehead atoms. The molecule has 0 aliphatic rings. The molecule has 0 N–H and O–H groups in total. The van der Waals surface area contributed by atoms with E-state index in [1.807, 2.05) is 0 Å². The first-order valence-electron chi connectivity index (χ1n) is 15.6. The molecular formula is C31H62O4SSn. The van der Waals surface area contributed by atoms with E-state index in [2.05, 4.69) is 47.2 Å². The molecule has 0 amide bonds. The maximum absolute atomic E-state index is 10.7. The number of thiol groups is 1. The molecule has 0 saturated heterocycles. The summed E-state index contributed by atoms with van der Waals surface area (Å²) in [6.07, 6.45) is 22.3. The van der Waals surface area contributed by atoms with Crippen molar-refractivity contribution in [2.75, 3.05) is 5.75 Å². The molecule has 0 aromatic heterocycles. The summed E-state index contributed by atoms with van der Waals surface area (Å²) in [5.74, 6) is -1.32. The molecule has 0 aliphatic heterocycles. The molecule has 0 heterocycles. The maximum atomic E-state index is 10.7. The Morgan fingerprint density at radius 1 is 0.676 bits per heavy atom. The first-order chi connectivity index (χ1) is 17.8. The second kappa shape index (κ2) is 36.1. The molecule has 2 unspecified atom stereocenters. The van der Waals surface area contributed by atoms with Crippen LogP contribution < -0.4 is 10.2 Å². The Morgan fingerprint density at radius 2 is 1.14 bits per heavy atom. The average molecular weight is 650 g/mol. The number of rotatable bonds is 24.